The summed E-state index contributed by atoms with van der Waals surface area (Å²) in [5.74, 6) is 0. The largest absolute Gasteiger partial charge is 0.455 e. The van der Waals surface area contributed by atoms with Crippen molar-refractivity contribution in [2.45, 2.75) is 52.7 Å². The Hall–Kier alpha value is -0.360. The number of hydrogen-bond acceptors (Lipinski definition) is 6. The first-order chi connectivity index (χ1) is 7.99. The molecule has 2 atom stereocenters. The van der Waals surface area contributed by atoms with Crippen LogP contribution >= 0.6 is 23.5 Å². The van der Waals surface area contributed by atoms with Gasteiger partial charge in [0, 0.05) is 0 Å². The summed E-state index contributed by atoms with van der Waals surface area (Å²) in [6.45, 7) is 7.56. The van der Waals surface area contributed by atoms with Gasteiger partial charge in [-0.15, -0.1) is 0 Å². The molecule has 0 saturated heterocycles. The molecule has 2 unspecified atom stereocenters. The lowest BCUT2D eigenvalue weighted by molar-refractivity contribution is 0.130. The van der Waals surface area contributed by atoms with Gasteiger partial charge in [0.2, 0.25) is 0 Å². The summed E-state index contributed by atoms with van der Waals surface area (Å²) in [4.78, 5) is 22.5. The second-order valence-corrected chi connectivity index (χ2v) is 5.77. The first-order valence-electron chi connectivity index (χ1n) is 5.66. The van der Waals surface area contributed by atoms with E-state index >= 15 is 0 Å². The van der Waals surface area contributed by atoms with Crippen molar-refractivity contribution >= 4 is 34.1 Å². The molecule has 0 radical (unpaired) electrons. The normalized spacial score (nSPS) is 13.9. The number of hydrogen-bond donors (Lipinski definition) is 0. The Morgan fingerprint density at radius 2 is 1.29 bits per heavy atom. The quantitative estimate of drug-likeness (QED) is 0.534. The Kier molecular flexibility index (Phi) is 9.44. The fourth-order valence-corrected chi connectivity index (χ4v) is 2.16. The fraction of sp³-hybridized carbons (Fsp3) is 0.818. The van der Waals surface area contributed by atoms with Crippen molar-refractivity contribution in [3.8, 4) is 0 Å². The van der Waals surface area contributed by atoms with Crippen molar-refractivity contribution in [3.63, 3.8) is 0 Å². The zero-order valence-corrected chi connectivity index (χ0v) is 12.4. The van der Waals surface area contributed by atoms with Crippen LogP contribution in [-0.4, -0.2) is 27.9 Å². The number of carbonyl (C=O) groups excluding carboxylic acids is 2. The zero-order chi connectivity index (χ0) is 13.3. The highest BCUT2D eigenvalue weighted by Crippen LogP contribution is 2.18. The van der Waals surface area contributed by atoms with Gasteiger partial charge in [-0.1, -0.05) is 13.8 Å². The number of rotatable bonds is 6. The van der Waals surface area contributed by atoms with Crippen molar-refractivity contribution in [1.29, 1.82) is 0 Å². The number of ether oxygens (including phenoxy) is 2. The van der Waals surface area contributed by atoms with E-state index in [9.17, 15) is 9.59 Å². The Morgan fingerprint density at radius 1 is 0.941 bits per heavy atom. The smallest absolute Gasteiger partial charge is 0.368 e. The van der Waals surface area contributed by atoms with E-state index in [1.807, 2.05) is 27.7 Å². The fourth-order valence-electron chi connectivity index (χ4n) is 0.689. The van der Waals surface area contributed by atoms with Crippen LogP contribution in [0.15, 0.2) is 0 Å². The predicted molar refractivity (Wildman–Crippen MR) is 72.5 cm³/mol. The third kappa shape index (κ3) is 9.35. The van der Waals surface area contributed by atoms with Gasteiger partial charge in [0.25, 0.3) is 0 Å². The van der Waals surface area contributed by atoms with Crippen molar-refractivity contribution < 1.29 is 19.1 Å². The zero-order valence-electron chi connectivity index (χ0n) is 10.7. The van der Waals surface area contributed by atoms with Gasteiger partial charge in [0.1, 0.15) is 0 Å². The molecule has 0 aromatic carbocycles. The van der Waals surface area contributed by atoms with E-state index in [-0.39, 0.29) is 22.8 Å². The number of thioether (sulfide) groups is 2. The molecule has 0 bridgehead atoms. The Balaban J connectivity index is 3.62. The minimum Gasteiger partial charge on any atom is -0.455 e. The summed E-state index contributed by atoms with van der Waals surface area (Å²) >= 11 is 1.97. The first kappa shape index (κ1) is 16.6. The van der Waals surface area contributed by atoms with Gasteiger partial charge in [-0.25, -0.2) is 9.59 Å². The molecule has 0 fully saturated rings. The van der Waals surface area contributed by atoms with Crippen LogP contribution in [0, 0.1) is 0 Å². The molecule has 0 N–H and O–H groups in total. The van der Waals surface area contributed by atoms with Crippen LogP contribution in [0.5, 0.6) is 0 Å². The molecule has 0 aliphatic rings. The lowest BCUT2D eigenvalue weighted by atomic mass is 10.3. The summed E-state index contributed by atoms with van der Waals surface area (Å²) in [5, 5.41) is -0.365. The third-order valence-corrected chi connectivity index (χ3v) is 3.70. The van der Waals surface area contributed by atoms with Gasteiger partial charge < -0.3 is 9.47 Å². The Morgan fingerprint density at radius 3 is 1.59 bits per heavy atom. The maximum atomic E-state index is 11.2. The first-order valence-corrected chi connectivity index (χ1v) is 7.63. The highest BCUT2D eigenvalue weighted by Gasteiger charge is 2.12. The highest BCUT2D eigenvalue weighted by atomic mass is 32.2. The van der Waals surface area contributed by atoms with Gasteiger partial charge in [-0.3, -0.25) is 0 Å². The minimum atomic E-state index is -0.344. The van der Waals surface area contributed by atoms with Crippen molar-refractivity contribution in [2.75, 3.05) is 5.08 Å². The van der Waals surface area contributed by atoms with Crippen LogP contribution in [-0.2, 0) is 9.47 Å². The Bertz CT molecular complexity index is 222. The highest BCUT2D eigenvalue weighted by molar-refractivity contribution is 8.28. The van der Waals surface area contributed by atoms with Crippen LogP contribution < -0.4 is 0 Å². The van der Waals surface area contributed by atoms with Crippen molar-refractivity contribution in [1.82, 2.24) is 0 Å². The monoisotopic (exact) mass is 280 g/mol. The maximum absolute atomic E-state index is 11.2. The summed E-state index contributed by atoms with van der Waals surface area (Å²) in [7, 11) is 0. The summed E-state index contributed by atoms with van der Waals surface area (Å²) in [6.07, 6.45) is 1.42. The molecule has 0 amide bonds. The van der Waals surface area contributed by atoms with Gasteiger partial charge >= 0.3 is 10.6 Å². The molecular weight excluding hydrogens is 260 g/mol. The van der Waals surface area contributed by atoms with Crippen LogP contribution in [0.1, 0.15) is 40.5 Å². The minimum absolute atomic E-state index is 0.0768. The van der Waals surface area contributed by atoms with Crippen LogP contribution in [0.2, 0.25) is 0 Å². The second kappa shape index (κ2) is 9.65. The molecule has 17 heavy (non-hydrogen) atoms. The predicted octanol–water partition coefficient (Wildman–Crippen LogP) is 4.28. The standard InChI is InChI=1S/C11H20O4S2/c1-5-8(3)14-10(12)16-7-17-11(13)15-9(4)6-2/h8-9H,5-7H2,1-4H3. The molecule has 0 heterocycles. The van der Waals surface area contributed by atoms with Gasteiger partial charge in [-0.05, 0) is 50.2 Å². The molecule has 0 aliphatic carbocycles. The molecule has 0 aromatic heterocycles. The van der Waals surface area contributed by atoms with Gasteiger partial charge in [-0.2, -0.15) is 0 Å². The Labute approximate surface area is 111 Å². The number of carbonyl (C=O) groups is 2. The molecule has 0 spiro atoms. The van der Waals surface area contributed by atoms with Gasteiger partial charge in [0.15, 0.2) is 0 Å². The molecule has 0 saturated carbocycles. The molecule has 0 aliphatic heterocycles. The van der Waals surface area contributed by atoms with E-state index in [1.165, 1.54) is 0 Å². The molecule has 100 valence electrons. The van der Waals surface area contributed by atoms with Crippen LogP contribution in [0.4, 0.5) is 9.59 Å². The van der Waals surface area contributed by atoms with E-state index in [0.29, 0.717) is 5.08 Å². The summed E-state index contributed by atoms with van der Waals surface area (Å²) in [5.41, 5.74) is 0. The van der Waals surface area contributed by atoms with E-state index in [4.69, 9.17) is 9.47 Å². The molecule has 0 rings (SSSR count). The molecule has 0 aromatic rings. The maximum Gasteiger partial charge on any atom is 0.368 e. The van der Waals surface area contributed by atoms with E-state index < -0.39 is 0 Å². The van der Waals surface area contributed by atoms with Gasteiger partial charge in [0.05, 0.1) is 17.3 Å². The third-order valence-electron chi connectivity index (χ3n) is 2.10. The second-order valence-electron chi connectivity index (χ2n) is 3.58. The summed E-state index contributed by atoms with van der Waals surface area (Å²) in [6, 6.07) is 0. The topological polar surface area (TPSA) is 52.6 Å². The average molecular weight is 280 g/mol. The van der Waals surface area contributed by atoms with E-state index in [2.05, 4.69) is 0 Å². The average Bonchev–Trinajstić information content (AvgIpc) is 2.28. The lowest BCUT2D eigenvalue weighted by Gasteiger charge is -2.11. The van der Waals surface area contributed by atoms with Crippen molar-refractivity contribution in [3.05, 3.63) is 0 Å². The molecular formula is C11H20O4S2. The SMILES string of the molecule is CCC(C)OC(=O)SCSC(=O)OC(C)CC. The van der Waals surface area contributed by atoms with E-state index in [1.54, 1.807) is 0 Å². The summed E-state index contributed by atoms with van der Waals surface area (Å²) < 4.78 is 10.1. The molecule has 6 heteroatoms. The van der Waals surface area contributed by atoms with E-state index in [0.717, 1.165) is 36.4 Å². The van der Waals surface area contributed by atoms with Crippen LogP contribution in [0.3, 0.4) is 0 Å². The lowest BCUT2D eigenvalue weighted by Crippen LogP contribution is -2.11. The van der Waals surface area contributed by atoms with Crippen LogP contribution in [0.25, 0.3) is 0 Å². The van der Waals surface area contributed by atoms with Crippen molar-refractivity contribution in [2.24, 2.45) is 0 Å². The molecule has 4 nitrogen and oxygen atoms in total.